The zero-order valence-electron chi connectivity index (χ0n) is 21.2. The molecule has 4 rings (SSSR count). The lowest BCUT2D eigenvalue weighted by Gasteiger charge is -2.34. The van der Waals surface area contributed by atoms with E-state index in [9.17, 15) is 17.6 Å². The highest BCUT2D eigenvalue weighted by molar-refractivity contribution is 5.35. The molecule has 0 radical (unpaired) electrons. The molecule has 2 nitrogen and oxygen atoms in total. The monoisotopic (exact) mass is 504 g/mol. The van der Waals surface area contributed by atoms with Gasteiger partial charge >= 0.3 is 0 Å². The maximum Gasteiger partial charge on any atom is 0.200 e. The summed E-state index contributed by atoms with van der Waals surface area (Å²) in [4.78, 5) is 0. The Hall–Kier alpha value is -2.50. The molecule has 2 fully saturated rings. The summed E-state index contributed by atoms with van der Waals surface area (Å²) in [5.41, 5.74) is 0.801. The number of benzene rings is 2. The fourth-order valence-electron chi connectivity index (χ4n) is 6.07. The lowest BCUT2D eigenvalue weighted by molar-refractivity contribution is 0.161. The van der Waals surface area contributed by atoms with Crippen molar-refractivity contribution in [1.29, 1.82) is 0 Å². The Kier molecular flexibility index (Phi) is 8.63. The van der Waals surface area contributed by atoms with Crippen LogP contribution >= 0.6 is 0 Å². The second-order valence-electron chi connectivity index (χ2n) is 10.4. The third-order valence-corrected chi connectivity index (χ3v) is 8.15. The molecule has 6 heteroatoms. The van der Waals surface area contributed by atoms with E-state index < -0.39 is 23.3 Å². The minimum Gasteiger partial charge on any atom is -0.491 e. The largest absolute Gasteiger partial charge is 0.491 e. The average molecular weight is 505 g/mol. The van der Waals surface area contributed by atoms with Gasteiger partial charge in [0.25, 0.3) is 0 Å². The van der Waals surface area contributed by atoms with Crippen LogP contribution in [0.1, 0.15) is 81.8 Å². The highest BCUT2D eigenvalue weighted by Gasteiger charge is 2.32. The van der Waals surface area contributed by atoms with Gasteiger partial charge in [-0.15, -0.1) is 6.58 Å². The van der Waals surface area contributed by atoms with Gasteiger partial charge in [-0.25, -0.2) is 8.78 Å². The van der Waals surface area contributed by atoms with Gasteiger partial charge in [-0.05, 0) is 105 Å². The van der Waals surface area contributed by atoms with Gasteiger partial charge in [-0.3, -0.25) is 0 Å². The fourth-order valence-corrected chi connectivity index (χ4v) is 6.07. The first-order valence-electron chi connectivity index (χ1n) is 13.2. The van der Waals surface area contributed by atoms with Gasteiger partial charge in [0, 0.05) is 0 Å². The van der Waals surface area contributed by atoms with Crippen LogP contribution in [0.5, 0.6) is 11.5 Å². The van der Waals surface area contributed by atoms with E-state index in [1.807, 2.05) is 13.0 Å². The second-order valence-corrected chi connectivity index (χ2v) is 10.4. The van der Waals surface area contributed by atoms with Crippen molar-refractivity contribution in [1.82, 2.24) is 0 Å². The Morgan fingerprint density at radius 2 is 1.42 bits per heavy atom. The molecule has 0 N–H and O–H groups in total. The maximum absolute atomic E-state index is 14.9. The molecule has 0 aromatic heterocycles. The minimum atomic E-state index is -0.943. The third kappa shape index (κ3) is 5.57. The zero-order valence-corrected chi connectivity index (χ0v) is 21.2. The molecule has 2 aliphatic rings. The lowest BCUT2D eigenvalue weighted by atomic mass is 9.72. The van der Waals surface area contributed by atoms with Crippen molar-refractivity contribution in [3.8, 4) is 11.5 Å². The summed E-state index contributed by atoms with van der Waals surface area (Å²) in [5.74, 6) is -3.07. The van der Waals surface area contributed by atoms with Crippen LogP contribution in [0, 0.1) is 41.0 Å². The first-order valence-corrected chi connectivity index (χ1v) is 13.2. The van der Waals surface area contributed by atoms with Crippen LogP contribution in [0.4, 0.5) is 17.6 Å². The maximum atomic E-state index is 14.9. The molecular weight excluding hydrogens is 468 g/mol. The first kappa shape index (κ1) is 26.6. The van der Waals surface area contributed by atoms with Crippen molar-refractivity contribution >= 4 is 0 Å². The third-order valence-electron chi connectivity index (χ3n) is 8.15. The Morgan fingerprint density at radius 3 is 2.03 bits per heavy atom. The smallest absolute Gasteiger partial charge is 0.200 e. The fraction of sp³-hybridized carbons (Fsp3) is 0.533. The molecule has 0 heterocycles. The molecule has 0 amide bonds. The first-order chi connectivity index (χ1) is 17.3. The van der Waals surface area contributed by atoms with Crippen molar-refractivity contribution in [2.45, 2.75) is 70.6 Å². The summed E-state index contributed by atoms with van der Waals surface area (Å²) in [6.45, 7) is 8.10. The van der Waals surface area contributed by atoms with E-state index >= 15 is 0 Å². The van der Waals surface area contributed by atoms with E-state index in [4.69, 9.17) is 9.47 Å². The molecule has 36 heavy (non-hydrogen) atoms. The van der Waals surface area contributed by atoms with Crippen LogP contribution < -0.4 is 9.47 Å². The van der Waals surface area contributed by atoms with E-state index in [0.717, 1.165) is 38.5 Å². The van der Waals surface area contributed by atoms with Gasteiger partial charge in [0.1, 0.15) is 0 Å². The Bertz CT molecular complexity index is 1060. The van der Waals surface area contributed by atoms with E-state index in [2.05, 4.69) is 6.58 Å². The summed E-state index contributed by atoms with van der Waals surface area (Å²) < 4.78 is 69.7. The zero-order chi connectivity index (χ0) is 25.8. The molecule has 0 saturated heterocycles. The van der Waals surface area contributed by atoms with E-state index in [1.54, 1.807) is 25.1 Å². The molecule has 2 aliphatic carbocycles. The molecule has 0 aliphatic heterocycles. The highest BCUT2D eigenvalue weighted by Crippen LogP contribution is 2.43. The molecule has 2 saturated carbocycles. The normalized spacial score (nSPS) is 26.4. The molecule has 3 unspecified atom stereocenters. The summed E-state index contributed by atoms with van der Waals surface area (Å²) in [7, 11) is 0. The summed E-state index contributed by atoms with van der Waals surface area (Å²) in [5, 5.41) is 0. The standard InChI is InChI=1S/C30H36F4O2/c1-4-19-6-9-21(10-7-19)23-12-14-26(30(34)27(23)31)36-17-20-8-11-22(18(3)16-20)24-13-15-25(35-5-2)29(33)28(24)32/h4,12-15,18-22H,1,5-11,16-17H2,2-3H3. The quantitative estimate of drug-likeness (QED) is 0.264. The van der Waals surface area contributed by atoms with Crippen molar-refractivity contribution in [3.63, 3.8) is 0 Å². The predicted octanol–water partition coefficient (Wildman–Crippen LogP) is 8.70. The van der Waals surface area contributed by atoms with Crippen molar-refractivity contribution in [2.24, 2.45) is 17.8 Å². The molecule has 196 valence electrons. The average Bonchev–Trinajstić information content (AvgIpc) is 2.88. The van der Waals surface area contributed by atoms with Gasteiger partial charge in [0.2, 0.25) is 11.6 Å². The van der Waals surface area contributed by atoms with Crippen LogP contribution in [0.2, 0.25) is 0 Å². The lowest BCUT2D eigenvalue weighted by Crippen LogP contribution is -2.26. The van der Waals surface area contributed by atoms with Gasteiger partial charge in [-0.1, -0.05) is 25.1 Å². The topological polar surface area (TPSA) is 18.5 Å². The number of hydrogen-bond donors (Lipinski definition) is 0. The predicted molar refractivity (Wildman–Crippen MR) is 134 cm³/mol. The number of allylic oxidation sites excluding steroid dienone is 1. The van der Waals surface area contributed by atoms with Gasteiger partial charge in [0.15, 0.2) is 23.1 Å². The molecule has 2 aromatic rings. The highest BCUT2D eigenvalue weighted by atomic mass is 19.2. The Balaban J connectivity index is 1.35. The SMILES string of the molecule is C=CC1CCC(c2ccc(OCC3CCC(c4ccc(OCC)c(F)c4F)C(C)C3)c(F)c2F)CC1. The number of halogens is 4. The minimum absolute atomic E-state index is 0.0220. The van der Waals surface area contributed by atoms with E-state index in [-0.39, 0.29) is 48.4 Å². The van der Waals surface area contributed by atoms with E-state index in [1.165, 1.54) is 6.07 Å². The van der Waals surface area contributed by atoms with Crippen LogP contribution in [0.25, 0.3) is 0 Å². The van der Waals surface area contributed by atoms with Crippen molar-refractivity contribution in [2.75, 3.05) is 13.2 Å². The van der Waals surface area contributed by atoms with Gasteiger partial charge in [-0.2, -0.15) is 8.78 Å². The number of ether oxygens (including phenoxy) is 2. The molecule has 0 spiro atoms. The number of rotatable bonds is 8. The number of hydrogen-bond acceptors (Lipinski definition) is 2. The van der Waals surface area contributed by atoms with Crippen LogP contribution in [-0.4, -0.2) is 13.2 Å². The Labute approximate surface area is 211 Å². The Morgan fingerprint density at radius 1 is 0.806 bits per heavy atom. The summed E-state index contributed by atoms with van der Waals surface area (Å²) in [6, 6.07) is 6.31. The molecule has 2 aromatic carbocycles. The second kappa shape index (κ2) is 11.7. The molecule has 3 atom stereocenters. The van der Waals surface area contributed by atoms with Crippen molar-refractivity contribution in [3.05, 3.63) is 71.3 Å². The van der Waals surface area contributed by atoms with Gasteiger partial charge in [0.05, 0.1) is 13.2 Å². The van der Waals surface area contributed by atoms with Crippen molar-refractivity contribution < 1.29 is 27.0 Å². The van der Waals surface area contributed by atoms with Crippen LogP contribution in [-0.2, 0) is 0 Å². The van der Waals surface area contributed by atoms with Crippen LogP contribution in [0.3, 0.4) is 0 Å². The molecular formula is C30H36F4O2. The molecule has 0 bridgehead atoms. The van der Waals surface area contributed by atoms with E-state index in [0.29, 0.717) is 23.5 Å². The van der Waals surface area contributed by atoms with Gasteiger partial charge < -0.3 is 9.47 Å². The summed E-state index contributed by atoms with van der Waals surface area (Å²) >= 11 is 0. The summed E-state index contributed by atoms with van der Waals surface area (Å²) in [6.07, 6.45) is 7.63. The van der Waals surface area contributed by atoms with Crippen LogP contribution in [0.15, 0.2) is 36.9 Å².